The maximum atomic E-state index is 12.1. The molecule has 0 spiro atoms. The summed E-state index contributed by atoms with van der Waals surface area (Å²) in [6.45, 7) is 0. The molecule has 0 radical (unpaired) electrons. The number of benzene rings is 3. The van der Waals surface area contributed by atoms with Gasteiger partial charge in [-0.1, -0.05) is 0 Å². The van der Waals surface area contributed by atoms with Crippen LogP contribution in [0.1, 0.15) is 0 Å². The Labute approximate surface area is 229 Å². The fourth-order valence-electron chi connectivity index (χ4n) is 3.77. The fraction of sp³-hybridized carbons (Fsp3) is 0. The largest absolute Gasteiger partial charge is 0.450 e. The van der Waals surface area contributed by atoms with Crippen LogP contribution in [-0.2, 0) is 30.4 Å². The van der Waals surface area contributed by atoms with E-state index in [1.807, 2.05) is 0 Å². The quantitative estimate of drug-likeness (QED) is 0.0892. The first-order valence-electron chi connectivity index (χ1n) is 9.58. The number of anilines is 3. The van der Waals surface area contributed by atoms with Crippen molar-refractivity contribution in [3.05, 3.63) is 32.5 Å². The van der Waals surface area contributed by atoms with Crippen molar-refractivity contribution in [2.75, 3.05) is 11.1 Å². The van der Waals surface area contributed by atoms with E-state index in [0.717, 1.165) is 0 Å². The van der Waals surface area contributed by atoms with Crippen molar-refractivity contribution in [1.29, 1.82) is 5.41 Å². The molecule has 0 saturated carbocycles. The van der Waals surface area contributed by atoms with E-state index in [-0.39, 0.29) is 48.6 Å². The number of nitrogen functional groups attached to an aromatic ring is 1. The lowest BCUT2D eigenvalue weighted by atomic mass is 10.1. The van der Waals surface area contributed by atoms with E-state index in [4.69, 9.17) is 20.3 Å². The van der Waals surface area contributed by atoms with Crippen molar-refractivity contribution in [3.8, 4) is 23.0 Å². The van der Waals surface area contributed by atoms with E-state index in [0.29, 0.717) is 6.07 Å². The first kappa shape index (κ1) is 26.7. The molecule has 0 amide bonds. The van der Waals surface area contributed by atoms with Gasteiger partial charge in [-0.05, 0) is 50.1 Å². The number of nitrogens with zero attached hydrogens (tertiary/aromatic N) is 1. The van der Waals surface area contributed by atoms with Crippen LogP contribution in [0.25, 0.3) is 22.6 Å². The van der Waals surface area contributed by atoms with Crippen LogP contribution in [0.2, 0.25) is 0 Å². The van der Waals surface area contributed by atoms with Crippen molar-refractivity contribution in [2.24, 2.45) is 0 Å². The zero-order valence-electron chi connectivity index (χ0n) is 17.8. The molecule has 38 heavy (non-hydrogen) atoms. The molecule has 2 aliphatic heterocycles. The predicted octanol–water partition coefficient (Wildman–Crippen LogP) is 3.11. The highest BCUT2D eigenvalue weighted by molar-refractivity contribution is 9.11. The number of nitrogens with one attached hydrogen (secondary N) is 2. The lowest BCUT2D eigenvalue weighted by Gasteiger charge is -2.26. The number of ether oxygens (including phenoxy) is 1. The van der Waals surface area contributed by atoms with Gasteiger partial charge in [-0.3, -0.25) is 19.1 Å². The minimum atomic E-state index is -5.27. The van der Waals surface area contributed by atoms with E-state index in [1.54, 1.807) is 0 Å². The van der Waals surface area contributed by atoms with Crippen LogP contribution >= 0.6 is 31.9 Å². The molecule has 0 fully saturated rings. The minimum Gasteiger partial charge on any atom is -0.450 e. The Morgan fingerprint density at radius 3 is 2.13 bits per heavy atom. The normalized spacial score (nSPS) is 13.6. The third-order valence-corrected chi connectivity index (χ3v) is 9.50. The fourth-order valence-corrected chi connectivity index (χ4v) is 7.05. The van der Waals surface area contributed by atoms with Crippen LogP contribution in [0.15, 0.2) is 46.2 Å². The molecule has 0 aromatic heterocycles. The number of fused-ring (bicyclic) bond motifs is 4. The van der Waals surface area contributed by atoms with Crippen molar-refractivity contribution >= 4 is 90.4 Å². The molecular weight excluding hydrogens is 704 g/mol. The Balaban J connectivity index is 1.90. The monoisotopic (exact) mass is 712 g/mol. The number of halogens is 2. The van der Waals surface area contributed by atoms with Gasteiger partial charge in [-0.15, -0.1) is 0 Å². The standard InChI is InChI=1S/C18H10Br2N4O11S3/c19-8-11-15(34-13-5(23-11)2-1-4(21)17(13)37(28,29)30)9(20)12-16(8)35-14-6(24-12)3-7(36(25,26)27)10(22)18(14)38(31,32)33/h1-3,22-23H,21H2,(H,25,26,27)(H,28,29,30)(H,31,32,33). The highest BCUT2D eigenvalue weighted by atomic mass is 79.9. The molecule has 2 aromatic carbocycles. The second-order valence-corrected chi connectivity index (χ2v) is 13.4. The molecule has 3 aliphatic rings. The smallest absolute Gasteiger partial charge is 0.300 e. The van der Waals surface area contributed by atoms with Crippen LogP contribution in [0.5, 0.6) is 11.5 Å². The van der Waals surface area contributed by atoms with Gasteiger partial charge < -0.3 is 20.2 Å². The summed E-state index contributed by atoms with van der Waals surface area (Å²) in [5.74, 6) is -1.16. The van der Waals surface area contributed by atoms with Crippen molar-refractivity contribution in [1.82, 2.24) is 4.98 Å². The lowest BCUT2D eigenvalue weighted by molar-refractivity contribution is 0.447. The highest BCUT2D eigenvalue weighted by Gasteiger charge is 2.35. The molecule has 5 rings (SSSR count). The molecule has 2 aromatic rings. The van der Waals surface area contributed by atoms with Crippen LogP contribution < -0.4 is 21.1 Å². The SMILES string of the molecule is N=c1c(S(=O)(=O)O)cc2nc3c(Br)c4c(c(Br)c3oc-2c1S(=O)(=O)O)Nc1ccc(N)c(S(=O)(=O)O)c1O4. The maximum absolute atomic E-state index is 12.1. The van der Waals surface area contributed by atoms with E-state index < -0.39 is 61.9 Å². The third kappa shape index (κ3) is 4.04. The Kier molecular flexibility index (Phi) is 5.86. The predicted molar refractivity (Wildman–Crippen MR) is 136 cm³/mol. The molecule has 0 unspecified atom stereocenters. The third-order valence-electron chi connectivity index (χ3n) is 5.28. The highest BCUT2D eigenvalue weighted by Crippen LogP contribution is 2.55. The molecule has 7 N–H and O–H groups in total. The molecule has 0 bridgehead atoms. The Morgan fingerprint density at radius 2 is 1.55 bits per heavy atom. The zero-order chi connectivity index (χ0) is 28.1. The van der Waals surface area contributed by atoms with Crippen molar-refractivity contribution in [3.63, 3.8) is 0 Å². The van der Waals surface area contributed by atoms with Gasteiger partial charge >= 0.3 is 10.1 Å². The van der Waals surface area contributed by atoms with Gasteiger partial charge in [-0.2, -0.15) is 25.3 Å². The van der Waals surface area contributed by atoms with Crippen molar-refractivity contribution < 1.29 is 48.1 Å². The molecule has 1 aliphatic carbocycles. The summed E-state index contributed by atoms with van der Waals surface area (Å²) in [6, 6.07) is 3.23. The Hall–Kier alpha value is -2.85. The summed E-state index contributed by atoms with van der Waals surface area (Å²) in [4.78, 5) is 1.02. The maximum Gasteiger partial charge on any atom is 0.300 e. The van der Waals surface area contributed by atoms with Gasteiger partial charge in [0.2, 0.25) is 0 Å². The van der Waals surface area contributed by atoms with Crippen LogP contribution in [0.3, 0.4) is 0 Å². The molecule has 2 heterocycles. The summed E-state index contributed by atoms with van der Waals surface area (Å²) in [7, 11) is -15.3. The summed E-state index contributed by atoms with van der Waals surface area (Å²) in [5, 5.41) is 9.58. The molecule has 0 atom stereocenters. The average molecular weight is 714 g/mol. The van der Waals surface area contributed by atoms with Gasteiger partial charge in [0.05, 0.1) is 20.3 Å². The first-order chi connectivity index (χ1) is 17.4. The summed E-state index contributed by atoms with van der Waals surface area (Å²) in [6.07, 6.45) is 0. The molecular formula is C18H10Br2N4O11S3. The van der Waals surface area contributed by atoms with Gasteiger partial charge in [0.15, 0.2) is 32.6 Å². The first-order valence-corrected chi connectivity index (χ1v) is 15.5. The summed E-state index contributed by atoms with van der Waals surface area (Å²) < 4.78 is 112. The topological polar surface area (TPSA) is 260 Å². The van der Waals surface area contributed by atoms with Gasteiger partial charge in [-0.25, -0.2) is 4.98 Å². The van der Waals surface area contributed by atoms with Gasteiger partial charge in [0.1, 0.15) is 27.2 Å². The van der Waals surface area contributed by atoms with Crippen LogP contribution in [0.4, 0.5) is 17.1 Å². The molecule has 200 valence electrons. The second kappa shape index (κ2) is 8.32. The Bertz CT molecular complexity index is 2110. The van der Waals surface area contributed by atoms with E-state index >= 15 is 0 Å². The number of hydrogen-bond donors (Lipinski definition) is 6. The second-order valence-electron chi connectivity index (χ2n) is 7.66. The number of rotatable bonds is 3. The average Bonchev–Trinajstić information content (AvgIpc) is 2.77. The number of aromatic nitrogens is 1. The molecule has 0 saturated heterocycles. The zero-order valence-corrected chi connectivity index (χ0v) is 23.5. The molecule has 15 nitrogen and oxygen atoms in total. The van der Waals surface area contributed by atoms with Crippen molar-refractivity contribution in [2.45, 2.75) is 14.7 Å². The van der Waals surface area contributed by atoms with Crippen LogP contribution in [0, 0.1) is 5.41 Å². The lowest BCUT2D eigenvalue weighted by Crippen LogP contribution is -2.23. The number of nitrogens with two attached hydrogens (primary N) is 1. The van der Waals surface area contributed by atoms with Gasteiger partial charge in [0, 0.05) is 0 Å². The minimum absolute atomic E-state index is 0.0185. The summed E-state index contributed by atoms with van der Waals surface area (Å²) >= 11 is 6.51. The van der Waals surface area contributed by atoms with E-state index in [9.17, 15) is 38.9 Å². The molecule has 20 heteroatoms. The van der Waals surface area contributed by atoms with Crippen LogP contribution in [-0.4, -0.2) is 43.9 Å². The van der Waals surface area contributed by atoms with E-state index in [2.05, 4.69) is 42.2 Å². The summed E-state index contributed by atoms with van der Waals surface area (Å²) in [5.41, 5.74) is 4.77. The van der Waals surface area contributed by atoms with Gasteiger partial charge in [0.25, 0.3) is 20.2 Å². The van der Waals surface area contributed by atoms with E-state index in [1.165, 1.54) is 12.1 Å². The number of hydrogen-bond acceptors (Lipinski definition) is 12. The Morgan fingerprint density at radius 1 is 0.921 bits per heavy atom.